The number of carbonyl (C=O) groups excluding carboxylic acids is 1. The van der Waals surface area contributed by atoms with Crippen LogP contribution in [0.5, 0.6) is 0 Å². The Morgan fingerprint density at radius 3 is 3.24 bits per heavy atom. The predicted molar refractivity (Wildman–Crippen MR) is 66.1 cm³/mol. The number of hydrogen-bond acceptors (Lipinski definition) is 5. The fourth-order valence-corrected chi connectivity index (χ4v) is 2.64. The predicted octanol–water partition coefficient (Wildman–Crippen LogP) is 1.73. The van der Waals surface area contributed by atoms with Gasteiger partial charge in [0.1, 0.15) is 6.04 Å². The standard InChI is InChI=1S/C12H17NO3S/c1-15-12(14)11(9-4-6-17-8-9)13-7-10-3-2-5-16-10/h4,6,8,10-11,13H,2-3,5,7H2,1H3. The first-order valence-electron chi connectivity index (χ1n) is 5.76. The fourth-order valence-electron chi connectivity index (χ4n) is 1.95. The summed E-state index contributed by atoms with van der Waals surface area (Å²) in [6, 6.07) is 1.56. The average Bonchev–Trinajstić information content (AvgIpc) is 3.01. The lowest BCUT2D eigenvalue weighted by Crippen LogP contribution is -2.34. The zero-order valence-electron chi connectivity index (χ0n) is 9.85. The lowest BCUT2D eigenvalue weighted by Gasteiger charge is -2.18. The molecule has 1 aliphatic rings. The summed E-state index contributed by atoms with van der Waals surface area (Å²) >= 11 is 1.57. The Morgan fingerprint density at radius 1 is 1.76 bits per heavy atom. The van der Waals surface area contributed by atoms with Crippen LogP contribution < -0.4 is 5.32 Å². The second-order valence-electron chi connectivity index (χ2n) is 4.06. The monoisotopic (exact) mass is 255 g/mol. The number of nitrogens with one attached hydrogen (secondary N) is 1. The summed E-state index contributed by atoms with van der Waals surface area (Å²) in [5.74, 6) is -0.249. The van der Waals surface area contributed by atoms with E-state index in [0.29, 0.717) is 6.54 Å². The van der Waals surface area contributed by atoms with Gasteiger partial charge in [0, 0.05) is 13.2 Å². The van der Waals surface area contributed by atoms with E-state index in [1.54, 1.807) is 11.3 Å². The third-order valence-corrected chi connectivity index (χ3v) is 3.59. The van der Waals surface area contributed by atoms with Crippen molar-refractivity contribution in [3.05, 3.63) is 22.4 Å². The smallest absolute Gasteiger partial charge is 0.327 e. The maximum absolute atomic E-state index is 11.7. The van der Waals surface area contributed by atoms with Crippen molar-refractivity contribution in [3.63, 3.8) is 0 Å². The molecule has 1 aliphatic heterocycles. The van der Waals surface area contributed by atoms with Crippen LogP contribution in [0.3, 0.4) is 0 Å². The molecule has 0 aliphatic carbocycles. The zero-order chi connectivity index (χ0) is 12.1. The highest BCUT2D eigenvalue weighted by Crippen LogP contribution is 2.19. The van der Waals surface area contributed by atoms with Crippen LogP contribution in [0.15, 0.2) is 16.8 Å². The minimum Gasteiger partial charge on any atom is -0.468 e. The molecule has 1 saturated heterocycles. The first-order valence-corrected chi connectivity index (χ1v) is 6.70. The van der Waals surface area contributed by atoms with Crippen molar-refractivity contribution in [2.24, 2.45) is 0 Å². The van der Waals surface area contributed by atoms with E-state index < -0.39 is 0 Å². The van der Waals surface area contributed by atoms with Gasteiger partial charge in [-0.15, -0.1) is 0 Å². The minimum atomic E-state index is -0.379. The molecule has 0 radical (unpaired) electrons. The molecule has 94 valence electrons. The quantitative estimate of drug-likeness (QED) is 0.814. The molecule has 2 atom stereocenters. The number of thiophene rings is 1. The van der Waals surface area contributed by atoms with Crippen LogP contribution in [0.25, 0.3) is 0 Å². The molecule has 5 heteroatoms. The summed E-state index contributed by atoms with van der Waals surface area (Å²) in [5.41, 5.74) is 0.958. The number of carbonyl (C=O) groups is 1. The van der Waals surface area contributed by atoms with Crippen LogP contribution in [0, 0.1) is 0 Å². The van der Waals surface area contributed by atoms with Gasteiger partial charge in [0.25, 0.3) is 0 Å². The zero-order valence-corrected chi connectivity index (χ0v) is 10.7. The van der Waals surface area contributed by atoms with Gasteiger partial charge >= 0.3 is 5.97 Å². The maximum Gasteiger partial charge on any atom is 0.327 e. The van der Waals surface area contributed by atoms with Crippen LogP contribution in [-0.2, 0) is 14.3 Å². The molecule has 2 heterocycles. The van der Waals surface area contributed by atoms with Crippen molar-refractivity contribution in [1.29, 1.82) is 0 Å². The van der Waals surface area contributed by atoms with E-state index in [-0.39, 0.29) is 18.1 Å². The van der Waals surface area contributed by atoms with Gasteiger partial charge in [-0.25, -0.2) is 4.79 Å². The molecule has 0 amide bonds. The highest BCUT2D eigenvalue weighted by molar-refractivity contribution is 7.08. The number of rotatable bonds is 5. The van der Waals surface area contributed by atoms with E-state index in [9.17, 15) is 4.79 Å². The molecule has 1 fully saturated rings. The maximum atomic E-state index is 11.7. The third kappa shape index (κ3) is 3.28. The molecule has 1 aromatic heterocycles. The van der Waals surface area contributed by atoms with Crippen LogP contribution in [0.2, 0.25) is 0 Å². The van der Waals surface area contributed by atoms with Crippen molar-refractivity contribution in [2.45, 2.75) is 25.0 Å². The van der Waals surface area contributed by atoms with Gasteiger partial charge in [-0.1, -0.05) is 0 Å². The SMILES string of the molecule is COC(=O)C(NCC1CCCO1)c1ccsc1. The third-order valence-electron chi connectivity index (χ3n) is 2.89. The van der Waals surface area contributed by atoms with E-state index in [0.717, 1.165) is 25.0 Å². The Bertz CT molecular complexity index is 347. The Balaban J connectivity index is 1.93. The molecule has 2 rings (SSSR count). The first kappa shape index (κ1) is 12.5. The molecular weight excluding hydrogens is 238 g/mol. The van der Waals surface area contributed by atoms with Gasteiger partial charge < -0.3 is 9.47 Å². The normalized spacial score (nSPS) is 21.4. The summed E-state index contributed by atoms with van der Waals surface area (Å²) in [6.45, 7) is 1.52. The number of methoxy groups -OCH3 is 1. The summed E-state index contributed by atoms with van der Waals surface area (Å²) in [4.78, 5) is 11.7. The molecule has 0 spiro atoms. The van der Waals surface area contributed by atoms with Crippen LogP contribution >= 0.6 is 11.3 Å². The van der Waals surface area contributed by atoms with Crippen LogP contribution in [0.4, 0.5) is 0 Å². The average molecular weight is 255 g/mol. The van der Waals surface area contributed by atoms with E-state index in [4.69, 9.17) is 9.47 Å². The van der Waals surface area contributed by atoms with Crippen molar-refractivity contribution in [2.75, 3.05) is 20.3 Å². The van der Waals surface area contributed by atoms with Gasteiger partial charge in [0.05, 0.1) is 13.2 Å². The molecule has 4 nitrogen and oxygen atoms in total. The Labute approximate surface area is 105 Å². The molecule has 1 N–H and O–H groups in total. The summed E-state index contributed by atoms with van der Waals surface area (Å²) in [5, 5.41) is 7.14. The van der Waals surface area contributed by atoms with E-state index in [2.05, 4.69) is 5.32 Å². The minimum absolute atomic E-state index is 0.223. The lowest BCUT2D eigenvalue weighted by molar-refractivity contribution is -0.143. The number of esters is 1. The summed E-state index contributed by atoms with van der Waals surface area (Å²) < 4.78 is 10.3. The van der Waals surface area contributed by atoms with Gasteiger partial charge in [0.2, 0.25) is 0 Å². The summed E-state index contributed by atoms with van der Waals surface area (Å²) in [7, 11) is 1.41. The lowest BCUT2D eigenvalue weighted by atomic mass is 10.1. The highest BCUT2D eigenvalue weighted by Gasteiger charge is 2.24. The van der Waals surface area contributed by atoms with Gasteiger partial charge in [-0.05, 0) is 35.2 Å². The Morgan fingerprint density at radius 2 is 2.65 bits per heavy atom. The largest absolute Gasteiger partial charge is 0.468 e. The van der Waals surface area contributed by atoms with Gasteiger partial charge in [-0.2, -0.15) is 11.3 Å². The second kappa shape index (κ2) is 6.14. The molecule has 2 unspecified atom stereocenters. The fraction of sp³-hybridized carbons (Fsp3) is 0.583. The van der Waals surface area contributed by atoms with Crippen molar-refractivity contribution >= 4 is 17.3 Å². The highest BCUT2D eigenvalue weighted by atomic mass is 32.1. The molecular formula is C12H17NO3S. The van der Waals surface area contributed by atoms with Gasteiger partial charge in [-0.3, -0.25) is 5.32 Å². The van der Waals surface area contributed by atoms with Crippen molar-refractivity contribution in [1.82, 2.24) is 5.32 Å². The van der Waals surface area contributed by atoms with Crippen LogP contribution in [0.1, 0.15) is 24.4 Å². The molecule has 0 aromatic carbocycles. The molecule has 0 saturated carbocycles. The van der Waals surface area contributed by atoms with E-state index in [1.165, 1.54) is 7.11 Å². The number of ether oxygens (including phenoxy) is 2. The van der Waals surface area contributed by atoms with Crippen LogP contribution in [-0.4, -0.2) is 32.3 Å². The topological polar surface area (TPSA) is 47.6 Å². The molecule has 0 bridgehead atoms. The van der Waals surface area contributed by atoms with E-state index >= 15 is 0 Å². The summed E-state index contributed by atoms with van der Waals surface area (Å²) in [6.07, 6.45) is 2.39. The molecule has 1 aromatic rings. The first-order chi connectivity index (χ1) is 8.31. The number of hydrogen-bond donors (Lipinski definition) is 1. The van der Waals surface area contributed by atoms with Crippen molar-refractivity contribution in [3.8, 4) is 0 Å². The van der Waals surface area contributed by atoms with E-state index in [1.807, 2.05) is 16.8 Å². The van der Waals surface area contributed by atoms with Crippen molar-refractivity contribution < 1.29 is 14.3 Å². The van der Waals surface area contributed by atoms with Gasteiger partial charge in [0.15, 0.2) is 0 Å². The Hall–Kier alpha value is -0.910. The Kier molecular flexibility index (Phi) is 4.53. The molecule has 17 heavy (non-hydrogen) atoms. The second-order valence-corrected chi connectivity index (χ2v) is 4.84.